The van der Waals surface area contributed by atoms with Gasteiger partial charge in [-0.25, -0.2) is 0 Å². The van der Waals surface area contributed by atoms with E-state index in [-0.39, 0.29) is 33.6 Å². The topological polar surface area (TPSA) is 172 Å². The number of benzene rings is 3. The van der Waals surface area contributed by atoms with Crippen LogP contribution in [0.1, 0.15) is 24.0 Å². The van der Waals surface area contributed by atoms with Gasteiger partial charge in [-0.2, -0.15) is 0 Å². The van der Waals surface area contributed by atoms with Crippen molar-refractivity contribution in [3.05, 3.63) is 63.8 Å². The maximum absolute atomic E-state index is 12.9. The Morgan fingerprint density at radius 3 is 1.97 bits per heavy atom. The molecule has 3 aromatic carbocycles. The van der Waals surface area contributed by atoms with Crippen LogP contribution in [0, 0.1) is 0 Å². The summed E-state index contributed by atoms with van der Waals surface area (Å²) in [6.45, 7) is 1.64. The average Bonchev–Trinajstić information content (AvgIpc) is 2.74. The lowest BCUT2D eigenvalue weighted by molar-refractivity contribution is 0.402. The van der Waals surface area contributed by atoms with Gasteiger partial charge >= 0.3 is 0 Å². The van der Waals surface area contributed by atoms with Crippen LogP contribution >= 0.6 is 0 Å². The SMILES string of the molecule is CC(c1ccc(O)c(O)c1)c1c(O)cc(O)c2c(=O)c(O)c(-c3ccc(O)c(O)c3)oc12. The van der Waals surface area contributed by atoms with Gasteiger partial charge in [-0.15, -0.1) is 0 Å². The molecular formula is C23H18O9. The van der Waals surface area contributed by atoms with E-state index in [4.69, 9.17) is 4.42 Å². The molecule has 0 saturated carbocycles. The zero-order chi connectivity index (χ0) is 23.3. The molecule has 164 valence electrons. The second kappa shape index (κ2) is 7.31. The highest BCUT2D eigenvalue weighted by Crippen LogP contribution is 2.44. The molecule has 32 heavy (non-hydrogen) atoms. The van der Waals surface area contributed by atoms with Gasteiger partial charge in [0.25, 0.3) is 0 Å². The van der Waals surface area contributed by atoms with Crippen molar-refractivity contribution in [1.82, 2.24) is 0 Å². The number of phenols is 6. The highest BCUT2D eigenvalue weighted by Gasteiger charge is 2.26. The van der Waals surface area contributed by atoms with Crippen molar-refractivity contribution in [3.8, 4) is 51.6 Å². The first-order chi connectivity index (χ1) is 15.1. The van der Waals surface area contributed by atoms with Crippen molar-refractivity contribution in [2.75, 3.05) is 0 Å². The second-order valence-electron chi connectivity index (χ2n) is 7.31. The molecule has 0 radical (unpaired) electrons. The molecule has 0 aliphatic rings. The molecule has 0 fully saturated rings. The van der Waals surface area contributed by atoms with Crippen LogP contribution in [0.4, 0.5) is 0 Å². The third kappa shape index (κ3) is 3.16. The predicted molar refractivity (Wildman–Crippen MR) is 114 cm³/mol. The summed E-state index contributed by atoms with van der Waals surface area (Å²) < 4.78 is 5.77. The molecule has 1 unspecified atom stereocenters. The second-order valence-corrected chi connectivity index (χ2v) is 7.31. The summed E-state index contributed by atoms with van der Waals surface area (Å²) in [5.41, 5.74) is -0.631. The zero-order valence-corrected chi connectivity index (χ0v) is 16.6. The fourth-order valence-electron chi connectivity index (χ4n) is 3.60. The molecule has 0 aliphatic carbocycles. The minimum atomic E-state index is -0.978. The van der Waals surface area contributed by atoms with Gasteiger partial charge in [-0.3, -0.25) is 4.79 Å². The van der Waals surface area contributed by atoms with Gasteiger partial charge in [0.15, 0.2) is 28.8 Å². The maximum Gasteiger partial charge on any atom is 0.238 e. The summed E-state index contributed by atoms with van der Waals surface area (Å²) in [6.07, 6.45) is 0. The molecule has 4 aromatic rings. The molecule has 9 nitrogen and oxygen atoms in total. The van der Waals surface area contributed by atoms with E-state index >= 15 is 0 Å². The van der Waals surface area contributed by atoms with Crippen LogP contribution < -0.4 is 5.43 Å². The lowest BCUT2D eigenvalue weighted by Gasteiger charge is -2.18. The molecule has 1 aromatic heterocycles. The molecule has 1 heterocycles. The normalized spacial score (nSPS) is 12.2. The lowest BCUT2D eigenvalue weighted by atomic mass is 9.90. The van der Waals surface area contributed by atoms with Gasteiger partial charge in [-0.1, -0.05) is 13.0 Å². The summed E-state index contributed by atoms with van der Waals surface area (Å²) in [6, 6.07) is 8.47. The number of rotatable bonds is 3. The Kier molecular flexibility index (Phi) is 4.74. The zero-order valence-electron chi connectivity index (χ0n) is 16.6. The average molecular weight is 438 g/mol. The Morgan fingerprint density at radius 1 is 0.719 bits per heavy atom. The van der Waals surface area contributed by atoms with E-state index in [1.807, 2.05) is 0 Å². The van der Waals surface area contributed by atoms with E-state index in [0.717, 1.165) is 18.2 Å². The van der Waals surface area contributed by atoms with E-state index in [0.29, 0.717) is 5.56 Å². The molecule has 0 saturated heterocycles. The number of fused-ring (bicyclic) bond motifs is 1. The highest BCUT2D eigenvalue weighted by atomic mass is 16.4. The summed E-state index contributed by atoms with van der Waals surface area (Å²) in [5.74, 6) is -4.60. The quantitative estimate of drug-likeness (QED) is 0.236. The molecular weight excluding hydrogens is 420 g/mol. The Bertz CT molecular complexity index is 1440. The van der Waals surface area contributed by atoms with Gasteiger partial charge in [0.05, 0.1) is 0 Å². The van der Waals surface area contributed by atoms with Crippen LogP contribution in [-0.4, -0.2) is 35.7 Å². The van der Waals surface area contributed by atoms with Crippen molar-refractivity contribution in [2.24, 2.45) is 0 Å². The summed E-state index contributed by atoms with van der Waals surface area (Å²) in [4.78, 5) is 12.9. The van der Waals surface area contributed by atoms with Crippen molar-refractivity contribution in [3.63, 3.8) is 0 Å². The molecule has 0 spiro atoms. The fraction of sp³-hybridized carbons (Fsp3) is 0.0870. The summed E-state index contributed by atoms with van der Waals surface area (Å²) in [7, 11) is 0. The summed E-state index contributed by atoms with van der Waals surface area (Å²) >= 11 is 0. The van der Waals surface area contributed by atoms with Crippen LogP contribution in [-0.2, 0) is 0 Å². The smallest absolute Gasteiger partial charge is 0.238 e. The molecule has 0 aliphatic heterocycles. The summed E-state index contributed by atoms with van der Waals surface area (Å²) in [5, 5.41) is 69.6. The van der Waals surface area contributed by atoms with Gasteiger partial charge in [0.1, 0.15) is 22.5 Å². The van der Waals surface area contributed by atoms with E-state index < -0.39 is 45.8 Å². The Morgan fingerprint density at radius 2 is 1.34 bits per heavy atom. The van der Waals surface area contributed by atoms with Gasteiger partial charge in [0.2, 0.25) is 11.2 Å². The van der Waals surface area contributed by atoms with Gasteiger partial charge in [0, 0.05) is 23.1 Å². The van der Waals surface area contributed by atoms with Crippen molar-refractivity contribution >= 4 is 11.0 Å². The predicted octanol–water partition coefficient (Wildman–Crippen LogP) is 3.55. The largest absolute Gasteiger partial charge is 0.507 e. The van der Waals surface area contributed by atoms with Crippen LogP contribution in [0.5, 0.6) is 40.2 Å². The van der Waals surface area contributed by atoms with Crippen LogP contribution in [0.2, 0.25) is 0 Å². The van der Waals surface area contributed by atoms with Crippen molar-refractivity contribution in [1.29, 1.82) is 0 Å². The third-order valence-electron chi connectivity index (χ3n) is 5.31. The molecule has 0 amide bonds. The van der Waals surface area contributed by atoms with Crippen molar-refractivity contribution in [2.45, 2.75) is 12.8 Å². The van der Waals surface area contributed by atoms with Gasteiger partial charge in [-0.05, 0) is 35.9 Å². The third-order valence-corrected chi connectivity index (χ3v) is 5.31. The van der Waals surface area contributed by atoms with E-state index in [1.165, 1.54) is 24.3 Å². The molecule has 9 heteroatoms. The van der Waals surface area contributed by atoms with Crippen LogP contribution in [0.3, 0.4) is 0 Å². The Labute approximate surface area is 179 Å². The van der Waals surface area contributed by atoms with E-state index in [2.05, 4.69) is 0 Å². The highest BCUT2D eigenvalue weighted by molar-refractivity contribution is 5.91. The standard InChI is InChI=1S/C23H18O9/c1-9(10-2-4-12(24)14(26)6-10)18-16(28)8-17(29)19-20(30)21(31)22(32-23(18)19)11-3-5-13(25)15(27)7-11/h2-9,24-29,31H,1H3. The fourth-order valence-corrected chi connectivity index (χ4v) is 3.60. The molecule has 0 bridgehead atoms. The number of phenolic OH excluding ortho intramolecular Hbond substituents is 6. The Balaban J connectivity index is 2.05. The number of aromatic hydroxyl groups is 7. The number of hydrogen-bond donors (Lipinski definition) is 7. The molecule has 7 N–H and O–H groups in total. The van der Waals surface area contributed by atoms with Crippen LogP contribution in [0.15, 0.2) is 51.7 Å². The van der Waals surface area contributed by atoms with Crippen LogP contribution in [0.25, 0.3) is 22.3 Å². The first kappa shape index (κ1) is 20.7. The monoisotopic (exact) mass is 438 g/mol. The van der Waals surface area contributed by atoms with E-state index in [9.17, 15) is 40.5 Å². The first-order valence-electron chi connectivity index (χ1n) is 9.39. The molecule has 1 atom stereocenters. The maximum atomic E-state index is 12.9. The van der Waals surface area contributed by atoms with Crippen molar-refractivity contribution < 1.29 is 40.2 Å². The minimum absolute atomic E-state index is 0.0560. The number of hydrogen-bond acceptors (Lipinski definition) is 9. The minimum Gasteiger partial charge on any atom is -0.507 e. The van der Waals surface area contributed by atoms with Gasteiger partial charge < -0.3 is 40.2 Å². The molecule has 4 rings (SSSR count). The van der Waals surface area contributed by atoms with E-state index in [1.54, 1.807) is 6.92 Å². The lowest BCUT2D eigenvalue weighted by Crippen LogP contribution is -2.06. The first-order valence-corrected chi connectivity index (χ1v) is 9.39. The Hall–Kier alpha value is -4.53.